The number of phosphoric ester groups is 1. The lowest BCUT2D eigenvalue weighted by Gasteiger charge is -2.21. The van der Waals surface area contributed by atoms with E-state index in [2.05, 4.69) is 16.0 Å². The van der Waals surface area contributed by atoms with Crippen LogP contribution in [0.25, 0.3) is 0 Å². The molecule has 198 valence electrons. The van der Waals surface area contributed by atoms with E-state index >= 15 is 0 Å². The van der Waals surface area contributed by atoms with E-state index in [1.54, 1.807) is 0 Å². The summed E-state index contributed by atoms with van der Waals surface area (Å²) in [7, 11) is -4.78. The van der Waals surface area contributed by atoms with Crippen LogP contribution in [0.5, 0.6) is 0 Å². The van der Waals surface area contributed by atoms with Gasteiger partial charge in [0.25, 0.3) is 0 Å². The molecule has 33 heavy (non-hydrogen) atoms. The van der Waals surface area contributed by atoms with Crippen LogP contribution in [0.15, 0.2) is 0 Å². The zero-order valence-electron chi connectivity index (χ0n) is 20.0. The number of hydrogen-bond donors (Lipinski definition) is 5. The second-order valence-electron chi connectivity index (χ2n) is 8.34. The highest BCUT2D eigenvalue weighted by atomic mass is 31.2. The monoisotopic (exact) mass is 500 g/mol. The number of unbranched alkanes of at least 4 members (excludes halogenated alkanes) is 12. The fraction of sp³-hybridized carbons (Fsp3) is 0.955. The number of aliphatic hydroxyl groups is 4. The third kappa shape index (κ3) is 20.5. The van der Waals surface area contributed by atoms with Crippen molar-refractivity contribution >= 4 is 13.8 Å². The lowest BCUT2D eigenvalue weighted by molar-refractivity contribution is -0.161. The van der Waals surface area contributed by atoms with Crippen LogP contribution >= 0.6 is 7.82 Å². The Hall–Kier alpha value is -0.580. The van der Waals surface area contributed by atoms with E-state index < -0.39 is 52.1 Å². The first-order valence-electron chi connectivity index (χ1n) is 12.2. The molecule has 2 unspecified atom stereocenters. The fourth-order valence-corrected chi connectivity index (χ4v) is 3.92. The van der Waals surface area contributed by atoms with Crippen molar-refractivity contribution in [2.24, 2.45) is 0 Å². The Morgan fingerprint density at radius 1 is 0.818 bits per heavy atom. The number of rotatable bonds is 23. The third-order valence-corrected chi connectivity index (χ3v) is 6.07. The summed E-state index contributed by atoms with van der Waals surface area (Å²) in [6.07, 6.45) is 10.4. The Morgan fingerprint density at radius 2 is 1.30 bits per heavy atom. The smallest absolute Gasteiger partial charge is 0.463 e. The Bertz CT molecular complexity index is 519. The van der Waals surface area contributed by atoms with Gasteiger partial charge in [0, 0.05) is 6.42 Å². The van der Waals surface area contributed by atoms with Crippen LogP contribution in [0.1, 0.15) is 96.8 Å². The van der Waals surface area contributed by atoms with Crippen LogP contribution in [0.4, 0.5) is 0 Å². The van der Waals surface area contributed by atoms with E-state index in [1.807, 2.05) is 0 Å². The second kappa shape index (κ2) is 20.8. The summed E-state index contributed by atoms with van der Waals surface area (Å²) < 4.78 is 25.1. The number of carbonyl (C=O) groups is 1. The number of ether oxygens (including phenoxy) is 1. The van der Waals surface area contributed by atoms with Gasteiger partial charge in [-0.05, 0) is 6.42 Å². The van der Waals surface area contributed by atoms with Gasteiger partial charge in [0.2, 0.25) is 0 Å². The highest BCUT2D eigenvalue weighted by Gasteiger charge is 2.31. The molecule has 0 aliphatic carbocycles. The molecule has 0 spiro atoms. The van der Waals surface area contributed by atoms with Crippen LogP contribution in [0.3, 0.4) is 0 Å². The predicted octanol–water partition coefficient (Wildman–Crippen LogP) is 3.18. The molecule has 0 aromatic rings. The minimum Gasteiger partial charge on any atom is -0.463 e. The second-order valence-corrected chi connectivity index (χ2v) is 9.75. The number of phosphoric acid groups is 1. The highest BCUT2D eigenvalue weighted by Crippen LogP contribution is 2.44. The van der Waals surface area contributed by atoms with Gasteiger partial charge < -0.3 is 30.1 Å². The molecule has 4 atom stereocenters. The van der Waals surface area contributed by atoms with E-state index in [9.17, 15) is 24.5 Å². The molecule has 0 saturated heterocycles. The first kappa shape index (κ1) is 32.4. The van der Waals surface area contributed by atoms with Crippen molar-refractivity contribution < 1.29 is 48.5 Å². The van der Waals surface area contributed by atoms with Gasteiger partial charge in [-0.3, -0.25) is 13.8 Å². The minimum atomic E-state index is -4.78. The predicted molar refractivity (Wildman–Crippen MR) is 123 cm³/mol. The lowest BCUT2D eigenvalue weighted by Crippen LogP contribution is -2.33. The molecule has 0 radical (unpaired) electrons. The van der Waals surface area contributed by atoms with Crippen molar-refractivity contribution in [2.75, 3.05) is 19.8 Å². The molecule has 0 aromatic carbocycles. The Morgan fingerprint density at radius 3 is 1.79 bits per heavy atom. The largest absolute Gasteiger partial charge is 0.474 e. The first-order valence-corrected chi connectivity index (χ1v) is 13.7. The van der Waals surface area contributed by atoms with Crippen LogP contribution in [-0.2, 0) is 23.1 Å². The Labute approximate surface area is 197 Å². The summed E-state index contributed by atoms with van der Waals surface area (Å²) in [5.74, 6) is -0.543. The minimum absolute atomic E-state index is 0.183. The summed E-state index contributed by atoms with van der Waals surface area (Å²) in [6, 6.07) is 0. The van der Waals surface area contributed by atoms with E-state index in [0.717, 1.165) is 19.3 Å². The summed E-state index contributed by atoms with van der Waals surface area (Å²) >= 11 is 0. The Balaban J connectivity index is 3.69. The van der Waals surface area contributed by atoms with Crippen molar-refractivity contribution in [3.05, 3.63) is 0 Å². The molecule has 0 rings (SSSR count). The topological polar surface area (TPSA) is 163 Å². The van der Waals surface area contributed by atoms with Gasteiger partial charge in [-0.15, -0.1) is 0 Å². The lowest BCUT2D eigenvalue weighted by atomic mass is 10.0. The molecule has 10 nitrogen and oxygen atoms in total. The first-order chi connectivity index (χ1) is 15.7. The molecule has 0 bridgehead atoms. The van der Waals surface area contributed by atoms with Crippen molar-refractivity contribution in [2.45, 2.75) is 115 Å². The van der Waals surface area contributed by atoms with Crippen LogP contribution in [0.2, 0.25) is 0 Å². The van der Waals surface area contributed by atoms with Gasteiger partial charge in [0.1, 0.15) is 18.8 Å². The summed E-state index contributed by atoms with van der Waals surface area (Å²) in [5, 5.41) is 37.0. The van der Waals surface area contributed by atoms with Crippen LogP contribution in [0, 0.1) is 0 Å². The van der Waals surface area contributed by atoms with Crippen LogP contribution < -0.4 is 0 Å². The molecule has 0 heterocycles. The quantitative estimate of drug-likeness (QED) is 0.0609. The highest BCUT2D eigenvalue weighted by molar-refractivity contribution is 7.47. The van der Waals surface area contributed by atoms with E-state index in [4.69, 9.17) is 14.9 Å². The normalized spacial score (nSPS) is 16.2. The molecule has 5 N–H and O–H groups in total. The van der Waals surface area contributed by atoms with Gasteiger partial charge in [0.15, 0.2) is 6.29 Å². The molecule has 0 fully saturated rings. The molecule has 0 amide bonds. The molecule has 0 aliphatic rings. The maximum Gasteiger partial charge on any atom is 0.474 e. The zero-order chi connectivity index (χ0) is 25.0. The standard InChI is InChI=1S/C22H45O10P/c1-2-3-4-5-6-7-8-9-10-11-12-13-14-15-21(26)30-18-20(25)22(27)32-33(28,29)31-17-19(24)16-23/h19-20,22-25,27H,2-18H2,1H3,(H,28,29)/t19-,20-,22?/m1/s1. The van der Waals surface area contributed by atoms with Gasteiger partial charge >= 0.3 is 13.8 Å². The average Bonchev–Trinajstić information content (AvgIpc) is 2.78. The number of aliphatic hydroxyl groups excluding tert-OH is 4. The molecular formula is C22H45O10P. The number of hydrogen-bond acceptors (Lipinski definition) is 9. The SMILES string of the molecule is CCCCCCCCCCCCCCCC(=O)OC[C@@H](O)C(O)OP(=O)(O)OC[C@H](O)CO. The maximum absolute atomic E-state index is 11.7. The van der Waals surface area contributed by atoms with Gasteiger partial charge in [0.05, 0.1) is 13.2 Å². The van der Waals surface area contributed by atoms with Crippen molar-refractivity contribution in [1.29, 1.82) is 0 Å². The average molecular weight is 501 g/mol. The summed E-state index contributed by atoms with van der Waals surface area (Å²) in [6.45, 7) is 0.211. The third-order valence-electron chi connectivity index (χ3n) is 5.11. The molecule has 11 heteroatoms. The van der Waals surface area contributed by atoms with Gasteiger partial charge in [-0.25, -0.2) is 4.57 Å². The van der Waals surface area contributed by atoms with Crippen molar-refractivity contribution in [1.82, 2.24) is 0 Å². The molecule has 0 saturated carbocycles. The Kier molecular flexibility index (Phi) is 20.4. The van der Waals surface area contributed by atoms with Crippen molar-refractivity contribution in [3.63, 3.8) is 0 Å². The fourth-order valence-electron chi connectivity index (χ4n) is 3.09. The van der Waals surface area contributed by atoms with Gasteiger partial charge in [-0.1, -0.05) is 84.0 Å². The van der Waals surface area contributed by atoms with Crippen LogP contribution in [-0.4, -0.2) is 69.6 Å². The van der Waals surface area contributed by atoms with E-state index in [-0.39, 0.29) is 6.42 Å². The molecule has 0 aliphatic heterocycles. The molecular weight excluding hydrogens is 455 g/mol. The van der Waals surface area contributed by atoms with Gasteiger partial charge in [-0.2, -0.15) is 0 Å². The van der Waals surface area contributed by atoms with E-state index in [1.165, 1.54) is 57.8 Å². The zero-order valence-corrected chi connectivity index (χ0v) is 20.9. The summed E-state index contributed by atoms with van der Waals surface area (Å²) in [5.41, 5.74) is 0. The summed E-state index contributed by atoms with van der Waals surface area (Å²) in [4.78, 5) is 21.1. The van der Waals surface area contributed by atoms with E-state index in [0.29, 0.717) is 6.42 Å². The van der Waals surface area contributed by atoms with Crippen molar-refractivity contribution in [3.8, 4) is 0 Å². The number of esters is 1. The maximum atomic E-state index is 11.7. The number of carbonyl (C=O) groups excluding carboxylic acids is 1. The molecule has 0 aromatic heterocycles.